The van der Waals surface area contributed by atoms with E-state index in [9.17, 15) is 4.39 Å². The fourth-order valence-electron chi connectivity index (χ4n) is 2.71. The minimum Gasteiger partial charge on any atom is -0.363 e. The lowest BCUT2D eigenvalue weighted by Gasteiger charge is -2.15. The molecule has 3 N–H and O–H groups in total. The zero-order valence-corrected chi connectivity index (χ0v) is 13.5. The molecule has 0 saturated carbocycles. The quantitative estimate of drug-likeness (QED) is 0.600. The van der Waals surface area contributed by atoms with Crippen LogP contribution in [0.2, 0.25) is 0 Å². The van der Waals surface area contributed by atoms with Crippen molar-refractivity contribution in [3.8, 4) is 11.4 Å². The summed E-state index contributed by atoms with van der Waals surface area (Å²) in [5.74, 6) is 1.05. The van der Waals surface area contributed by atoms with Crippen LogP contribution in [0.3, 0.4) is 0 Å². The summed E-state index contributed by atoms with van der Waals surface area (Å²) in [5.41, 5.74) is 2.63. The van der Waals surface area contributed by atoms with Crippen LogP contribution in [-0.4, -0.2) is 19.9 Å². The second-order valence-electron chi connectivity index (χ2n) is 5.72. The molecule has 0 bridgehead atoms. The first-order valence-corrected chi connectivity index (χ1v) is 7.89. The van der Waals surface area contributed by atoms with Gasteiger partial charge in [0.25, 0.3) is 12.0 Å². The maximum absolute atomic E-state index is 13.1. The number of nitrogens with one attached hydrogen (secondary N) is 3. The SMILES string of the molecule is C[C@H](Nc1ccnc(-c2c[nH]c3nc[nH+]cc23)n1)c1ccc(F)cc1. The van der Waals surface area contributed by atoms with Crippen molar-refractivity contribution in [1.29, 1.82) is 0 Å². The van der Waals surface area contributed by atoms with Gasteiger partial charge in [0, 0.05) is 18.4 Å². The normalized spacial score (nSPS) is 12.2. The minimum absolute atomic E-state index is 0.0127. The van der Waals surface area contributed by atoms with E-state index >= 15 is 0 Å². The second-order valence-corrected chi connectivity index (χ2v) is 5.72. The zero-order chi connectivity index (χ0) is 17.2. The summed E-state index contributed by atoms with van der Waals surface area (Å²) >= 11 is 0. The first kappa shape index (κ1) is 15.2. The van der Waals surface area contributed by atoms with Crippen LogP contribution in [0.25, 0.3) is 22.4 Å². The molecule has 0 radical (unpaired) electrons. The molecule has 3 aromatic heterocycles. The van der Waals surface area contributed by atoms with Gasteiger partial charge in [-0.25, -0.2) is 19.3 Å². The molecule has 0 fully saturated rings. The Morgan fingerprint density at radius 1 is 1.16 bits per heavy atom. The molecule has 4 aromatic rings. The van der Waals surface area contributed by atoms with Crippen molar-refractivity contribution in [1.82, 2.24) is 19.9 Å². The van der Waals surface area contributed by atoms with Crippen molar-refractivity contribution in [3.05, 3.63) is 66.6 Å². The molecule has 0 spiro atoms. The lowest BCUT2D eigenvalue weighted by Crippen LogP contribution is -2.08. The van der Waals surface area contributed by atoms with Crippen molar-refractivity contribution in [2.45, 2.75) is 13.0 Å². The molecule has 0 saturated heterocycles. The first-order chi connectivity index (χ1) is 12.2. The third-order valence-corrected chi connectivity index (χ3v) is 4.03. The van der Waals surface area contributed by atoms with E-state index in [-0.39, 0.29) is 11.9 Å². The van der Waals surface area contributed by atoms with Crippen LogP contribution in [0.5, 0.6) is 0 Å². The van der Waals surface area contributed by atoms with Gasteiger partial charge in [-0.1, -0.05) is 12.1 Å². The molecule has 25 heavy (non-hydrogen) atoms. The van der Waals surface area contributed by atoms with Gasteiger partial charge in [0.1, 0.15) is 17.8 Å². The number of benzene rings is 1. The average molecular weight is 335 g/mol. The van der Waals surface area contributed by atoms with E-state index in [4.69, 9.17) is 0 Å². The fourth-order valence-corrected chi connectivity index (χ4v) is 2.71. The average Bonchev–Trinajstić information content (AvgIpc) is 3.06. The number of aromatic amines is 2. The molecule has 124 valence electrons. The van der Waals surface area contributed by atoms with Crippen LogP contribution in [0.4, 0.5) is 10.2 Å². The number of halogens is 1. The van der Waals surface area contributed by atoms with E-state index in [1.54, 1.807) is 24.7 Å². The molecule has 6 nitrogen and oxygen atoms in total. The highest BCUT2D eigenvalue weighted by atomic mass is 19.1. The summed E-state index contributed by atoms with van der Waals surface area (Å²) in [6, 6.07) is 8.22. The lowest BCUT2D eigenvalue weighted by molar-refractivity contribution is -0.380. The Morgan fingerprint density at radius 2 is 2.00 bits per heavy atom. The number of anilines is 1. The monoisotopic (exact) mass is 335 g/mol. The zero-order valence-electron chi connectivity index (χ0n) is 13.5. The van der Waals surface area contributed by atoms with Crippen molar-refractivity contribution in [3.63, 3.8) is 0 Å². The Bertz CT molecular complexity index is 1010. The van der Waals surface area contributed by atoms with Crippen molar-refractivity contribution < 1.29 is 9.37 Å². The maximum atomic E-state index is 13.1. The van der Waals surface area contributed by atoms with Gasteiger partial charge in [0.05, 0.1) is 10.9 Å². The molecule has 4 rings (SSSR count). The molecular weight excluding hydrogens is 319 g/mol. The molecule has 0 aliphatic rings. The summed E-state index contributed by atoms with van der Waals surface area (Å²) in [5, 5.41) is 4.24. The molecule has 0 aliphatic heterocycles. The minimum atomic E-state index is -0.245. The van der Waals surface area contributed by atoms with Gasteiger partial charge in [0.2, 0.25) is 0 Å². The number of nitrogens with zero attached hydrogens (tertiary/aromatic N) is 3. The summed E-state index contributed by atoms with van der Waals surface area (Å²) in [4.78, 5) is 19.3. The highest BCUT2D eigenvalue weighted by Crippen LogP contribution is 2.25. The lowest BCUT2D eigenvalue weighted by atomic mass is 10.1. The van der Waals surface area contributed by atoms with E-state index in [0.29, 0.717) is 11.6 Å². The van der Waals surface area contributed by atoms with Gasteiger partial charge in [-0.3, -0.25) is 0 Å². The Kier molecular flexibility index (Phi) is 3.81. The van der Waals surface area contributed by atoms with Crippen LogP contribution >= 0.6 is 0 Å². The van der Waals surface area contributed by atoms with Crippen LogP contribution in [0.1, 0.15) is 18.5 Å². The van der Waals surface area contributed by atoms with Gasteiger partial charge in [-0.15, -0.1) is 0 Å². The Balaban J connectivity index is 1.62. The molecule has 0 aliphatic carbocycles. The van der Waals surface area contributed by atoms with E-state index < -0.39 is 0 Å². The standard InChI is InChI=1S/C18H15FN6/c1-11(12-2-4-13(19)5-3-12)24-16-6-7-21-18(25-16)15-9-22-17-14(15)8-20-10-23-17/h2-11H,1H3,(H,20,22,23)(H,21,24,25)/p+1/t11-/m0/s1. The molecule has 1 atom stereocenters. The maximum Gasteiger partial charge on any atom is 0.286 e. The van der Waals surface area contributed by atoms with E-state index in [0.717, 1.165) is 22.2 Å². The molecule has 0 amide bonds. The molecular formula is C18H16FN6+. The molecule has 7 heteroatoms. The fraction of sp³-hybridized carbons (Fsp3) is 0.111. The van der Waals surface area contributed by atoms with E-state index in [2.05, 4.69) is 30.2 Å². The van der Waals surface area contributed by atoms with Crippen LogP contribution in [0, 0.1) is 5.82 Å². The largest absolute Gasteiger partial charge is 0.363 e. The predicted octanol–water partition coefficient (Wildman–Crippen LogP) is 3.15. The van der Waals surface area contributed by atoms with Crippen LogP contribution in [-0.2, 0) is 0 Å². The van der Waals surface area contributed by atoms with Gasteiger partial charge >= 0.3 is 0 Å². The third kappa shape index (κ3) is 3.03. The Hall–Kier alpha value is -3.35. The van der Waals surface area contributed by atoms with Gasteiger partial charge in [-0.05, 0) is 35.7 Å². The van der Waals surface area contributed by atoms with Gasteiger partial charge in [0.15, 0.2) is 5.82 Å². The summed E-state index contributed by atoms with van der Waals surface area (Å²) in [6.07, 6.45) is 7.03. The van der Waals surface area contributed by atoms with Gasteiger partial charge in [-0.2, -0.15) is 0 Å². The van der Waals surface area contributed by atoms with Crippen molar-refractivity contribution in [2.24, 2.45) is 0 Å². The number of aromatic nitrogens is 5. The number of fused-ring (bicyclic) bond motifs is 1. The van der Waals surface area contributed by atoms with E-state index in [1.807, 2.05) is 25.4 Å². The number of hydrogen-bond acceptors (Lipinski definition) is 4. The molecule has 1 aromatic carbocycles. The number of rotatable bonds is 4. The molecule has 3 heterocycles. The van der Waals surface area contributed by atoms with Crippen LogP contribution in [0.15, 0.2) is 55.2 Å². The smallest absolute Gasteiger partial charge is 0.286 e. The number of hydrogen-bond donors (Lipinski definition) is 2. The van der Waals surface area contributed by atoms with Gasteiger partial charge < -0.3 is 10.3 Å². The Labute approximate surface area is 143 Å². The highest BCUT2D eigenvalue weighted by molar-refractivity contribution is 5.90. The van der Waals surface area contributed by atoms with Crippen molar-refractivity contribution in [2.75, 3.05) is 5.32 Å². The summed E-state index contributed by atoms with van der Waals surface area (Å²) in [7, 11) is 0. The predicted molar refractivity (Wildman–Crippen MR) is 92.1 cm³/mol. The summed E-state index contributed by atoms with van der Waals surface area (Å²) < 4.78 is 13.1. The van der Waals surface area contributed by atoms with Crippen molar-refractivity contribution >= 4 is 16.9 Å². The first-order valence-electron chi connectivity index (χ1n) is 7.89. The Morgan fingerprint density at radius 3 is 2.84 bits per heavy atom. The second kappa shape index (κ2) is 6.27. The molecule has 0 unspecified atom stereocenters. The summed E-state index contributed by atoms with van der Waals surface area (Å²) in [6.45, 7) is 2.00. The van der Waals surface area contributed by atoms with Crippen LogP contribution < -0.4 is 10.3 Å². The number of H-pyrrole nitrogens is 2. The third-order valence-electron chi connectivity index (χ3n) is 4.03. The topological polar surface area (TPSA) is 80.6 Å². The van der Waals surface area contributed by atoms with E-state index in [1.165, 1.54) is 12.1 Å². The highest BCUT2D eigenvalue weighted by Gasteiger charge is 2.14.